The number of rotatable bonds is 6. The molecule has 138 valence electrons. The standard InChI is InChI=1S/C22H23N3O2/c1-4-25(17-9-7-8-16(2)14-17)18-12-13-23-20(15-18)22(26)24-19-10-5-6-11-21(19)27-3/h5-15H,4H2,1-3H3,(H,24,26). The van der Waals surface area contributed by atoms with Gasteiger partial charge in [0.25, 0.3) is 5.91 Å². The first kappa shape index (κ1) is 18.5. The number of pyridine rings is 1. The third kappa shape index (κ3) is 4.26. The van der Waals surface area contributed by atoms with E-state index in [1.165, 1.54) is 5.56 Å². The molecule has 0 spiro atoms. The molecule has 5 heteroatoms. The van der Waals surface area contributed by atoms with Gasteiger partial charge in [-0.2, -0.15) is 0 Å². The molecule has 5 nitrogen and oxygen atoms in total. The maximum absolute atomic E-state index is 12.7. The van der Waals surface area contributed by atoms with Crippen LogP contribution in [0.15, 0.2) is 66.9 Å². The van der Waals surface area contributed by atoms with E-state index in [4.69, 9.17) is 4.74 Å². The fourth-order valence-corrected chi connectivity index (χ4v) is 2.96. The number of aromatic nitrogens is 1. The fourth-order valence-electron chi connectivity index (χ4n) is 2.96. The number of benzene rings is 2. The van der Waals surface area contributed by atoms with Crippen molar-refractivity contribution in [2.75, 3.05) is 23.9 Å². The number of para-hydroxylation sites is 2. The molecule has 1 heterocycles. The van der Waals surface area contributed by atoms with E-state index in [-0.39, 0.29) is 5.91 Å². The average Bonchev–Trinajstić information content (AvgIpc) is 2.69. The van der Waals surface area contributed by atoms with Gasteiger partial charge in [-0.3, -0.25) is 9.78 Å². The molecule has 1 amide bonds. The second kappa shape index (κ2) is 8.36. The normalized spacial score (nSPS) is 10.3. The SMILES string of the molecule is CCN(c1cccc(C)c1)c1ccnc(C(=O)Nc2ccccc2OC)c1. The number of carbonyl (C=O) groups is 1. The fraction of sp³-hybridized carbons (Fsp3) is 0.182. The van der Waals surface area contributed by atoms with E-state index in [2.05, 4.69) is 47.2 Å². The number of methoxy groups -OCH3 is 1. The second-order valence-corrected chi connectivity index (χ2v) is 6.14. The zero-order valence-electron chi connectivity index (χ0n) is 15.8. The lowest BCUT2D eigenvalue weighted by Crippen LogP contribution is -2.19. The summed E-state index contributed by atoms with van der Waals surface area (Å²) in [7, 11) is 1.57. The lowest BCUT2D eigenvalue weighted by Gasteiger charge is -2.24. The molecular weight excluding hydrogens is 338 g/mol. The van der Waals surface area contributed by atoms with Crippen molar-refractivity contribution in [3.8, 4) is 5.75 Å². The molecule has 0 fully saturated rings. The van der Waals surface area contributed by atoms with Gasteiger partial charge in [-0.05, 0) is 55.8 Å². The molecule has 3 rings (SSSR count). The molecule has 0 saturated heterocycles. The summed E-state index contributed by atoms with van der Waals surface area (Å²) in [4.78, 5) is 19.1. The number of ether oxygens (including phenoxy) is 1. The summed E-state index contributed by atoms with van der Waals surface area (Å²) in [6.45, 7) is 4.92. The summed E-state index contributed by atoms with van der Waals surface area (Å²) < 4.78 is 5.29. The molecule has 0 radical (unpaired) electrons. The predicted molar refractivity (Wildman–Crippen MR) is 109 cm³/mol. The van der Waals surface area contributed by atoms with E-state index in [1.54, 1.807) is 31.5 Å². The number of hydrogen-bond acceptors (Lipinski definition) is 4. The molecule has 0 aliphatic carbocycles. The Hall–Kier alpha value is -3.34. The van der Waals surface area contributed by atoms with Crippen LogP contribution in [0, 0.1) is 6.92 Å². The first-order valence-corrected chi connectivity index (χ1v) is 8.87. The molecule has 0 saturated carbocycles. The quantitative estimate of drug-likeness (QED) is 0.685. The smallest absolute Gasteiger partial charge is 0.274 e. The van der Waals surface area contributed by atoms with E-state index in [0.717, 1.165) is 17.9 Å². The third-order valence-electron chi connectivity index (χ3n) is 4.27. The molecule has 3 aromatic rings. The highest BCUT2D eigenvalue weighted by atomic mass is 16.5. The van der Waals surface area contributed by atoms with Crippen molar-refractivity contribution in [1.82, 2.24) is 4.98 Å². The minimum absolute atomic E-state index is 0.276. The van der Waals surface area contributed by atoms with Crippen LogP contribution in [-0.4, -0.2) is 24.5 Å². The molecule has 0 unspecified atom stereocenters. The monoisotopic (exact) mass is 361 g/mol. The molecule has 1 aromatic heterocycles. The number of amides is 1. The van der Waals surface area contributed by atoms with Gasteiger partial charge >= 0.3 is 0 Å². The lowest BCUT2D eigenvalue weighted by molar-refractivity contribution is 0.102. The molecule has 27 heavy (non-hydrogen) atoms. The van der Waals surface area contributed by atoms with Crippen LogP contribution in [0.4, 0.5) is 17.1 Å². The van der Waals surface area contributed by atoms with Crippen molar-refractivity contribution < 1.29 is 9.53 Å². The molecule has 1 N–H and O–H groups in total. The zero-order chi connectivity index (χ0) is 19.2. The van der Waals surface area contributed by atoms with Gasteiger partial charge in [-0.1, -0.05) is 24.3 Å². The predicted octanol–water partition coefficient (Wildman–Crippen LogP) is 4.81. The van der Waals surface area contributed by atoms with Gasteiger partial charge in [0.05, 0.1) is 12.8 Å². The first-order chi connectivity index (χ1) is 13.1. The van der Waals surface area contributed by atoms with Crippen molar-refractivity contribution in [2.45, 2.75) is 13.8 Å². The summed E-state index contributed by atoms with van der Waals surface area (Å²) in [6, 6.07) is 19.3. The number of anilines is 3. The molecule has 2 aromatic carbocycles. The maximum Gasteiger partial charge on any atom is 0.274 e. The summed E-state index contributed by atoms with van der Waals surface area (Å²) in [5.41, 5.74) is 4.16. The summed E-state index contributed by atoms with van der Waals surface area (Å²) in [6.07, 6.45) is 1.66. The molecule has 0 bridgehead atoms. The minimum Gasteiger partial charge on any atom is -0.495 e. The van der Waals surface area contributed by atoms with Gasteiger partial charge in [0.2, 0.25) is 0 Å². The van der Waals surface area contributed by atoms with Crippen molar-refractivity contribution in [1.29, 1.82) is 0 Å². The van der Waals surface area contributed by atoms with E-state index in [0.29, 0.717) is 17.1 Å². The van der Waals surface area contributed by atoms with Gasteiger partial charge in [0.1, 0.15) is 11.4 Å². The molecule has 0 atom stereocenters. The van der Waals surface area contributed by atoms with Gasteiger partial charge < -0.3 is 15.0 Å². The third-order valence-corrected chi connectivity index (χ3v) is 4.27. The van der Waals surface area contributed by atoms with Gasteiger partial charge in [0, 0.05) is 24.1 Å². The van der Waals surface area contributed by atoms with E-state index >= 15 is 0 Å². The van der Waals surface area contributed by atoms with Gasteiger partial charge in [-0.25, -0.2) is 0 Å². The minimum atomic E-state index is -0.276. The Morgan fingerprint density at radius 3 is 2.59 bits per heavy atom. The largest absolute Gasteiger partial charge is 0.495 e. The highest BCUT2D eigenvalue weighted by molar-refractivity contribution is 6.04. The van der Waals surface area contributed by atoms with Crippen LogP contribution in [0.1, 0.15) is 23.0 Å². The van der Waals surface area contributed by atoms with Crippen molar-refractivity contribution in [3.05, 3.63) is 78.1 Å². The first-order valence-electron chi connectivity index (χ1n) is 8.87. The summed E-state index contributed by atoms with van der Waals surface area (Å²) in [5.74, 6) is 0.332. The van der Waals surface area contributed by atoms with Crippen LogP contribution in [-0.2, 0) is 0 Å². The Bertz CT molecular complexity index is 940. The lowest BCUT2D eigenvalue weighted by atomic mass is 10.2. The Morgan fingerprint density at radius 2 is 1.85 bits per heavy atom. The zero-order valence-corrected chi connectivity index (χ0v) is 15.8. The molecule has 0 aliphatic rings. The maximum atomic E-state index is 12.7. The summed E-state index contributed by atoms with van der Waals surface area (Å²) >= 11 is 0. The van der Waals surface area contributed by atoms with Crippen LogP contribution in [0.2, 0.25) is 0 Å². The Balaban J connectivity index is 1.87. The van der Waals surface area contributed by atoms with E-state index in [9.17, 15) is 4.79 Å². The van der Waals surface area contributed by atoms with Crippen LogP contribution in [0.3, 0.4) is 0 Å². The van der Waals surface area contributed by atoms with E-state index < -0.39 is 0 Å². The molecule has 0 aliphatic heterocycles. The van der Waals surface area contributed by atoms with Gasteiger partial charge in [0.15, 0.2) is 0 Å². The van der Waals surface area contributed by atoms with E-state index in [1.807, 2.05) is 24.3 Å². The summed E-state index contributed by atoms with van der Waals surface area (Å²) in [5, 5.41) is 2.87. The highest BCUT2D eigenvalue weighted by Crippen LogP contribution is 2.27. The average molecular weight is 361 g/mol. The van der Waals surface area contributed by atoms with Gasteiger partial charge in [-0.15, -0.1) is 0 Å². The number of nitrogens with one attached hydrogen (secondary N) is 1. The van der Waals surface area contributed by atoms with Crippen molar-refractivity contribution in [3.63, 3.8) is 0 Å². The molecular formula is C22H23N3O2. The van der Waals surface area contributed by atoms with Crippen LogP contribution in [0.25, 0.3) is 0 Å². The van der Waals surface area contributed by atoms with Crippen LogP contribution >= 0.6 is 0 Å². The number of hydrogen-bond donors (Lipinski definition) is 1. The number of carbonyl (C=O) groups excluding carboxylic acids is 1. The Labute approximate surface area is 159 Å². The highest BCUT2D eigenvalue weighted by Gasteiger charge is 2.14. The Kier molecular flexibility index (Phi) is 5.71. The van der Waals surface area contributed by atoms with Crippen molar-refractivity contribution in [2.24, 2.45) is 0 Å². The Morgan fingerprint density at radius 1 is 1.07 bits per heavy atom. The van der Waals surface area contributed by atoms with Crippen LogP contribution in [0.5, 0.6) is 5.75 Å². The topological polar surface area (TPSA) is 54.5 Å². The van der Waals surface area contributed by atoms with Crippen molar-refractivity contribution >= 4 is 23.0 Å². The second-order valence-electron chi connectivity index (χ2n) is 6.14. The number of aryl methyl sites for hydroxylation is 1. The van der Waals surface area contributed by atoms with Crippen LogP contribution < -0.4 is 15.0 Å². The number of nitrogens with zero attached hydrogens (tertiary/aromatic N) is 2.